The molecule has 0 spiro atoms. The molecule has 0 radical (unpaired) electrons. The minimum absolute atomic E-state index is 0.447. The van der Waals surface area contributed by atoms with Crippen LogP contribution in [0.4, 0.5) is 0 Å². The average Bonchev–Trinajstić information content (AvgIpc) is 2.23. The van der Waals surface area contributed by atoms with Gasteiger partial charge in [-0.15, -0.1) is 0 Å². The number of hydrogen-bond acceptors (Lipinski definition) is 1. The van der Waals surface area contributed by atoms with E-state index in [9.17, 15) is 0 Å². The predicted molar refractivity (Wildman–Crippen MR) is 67.5 cm³/mol. The standard InChI is InChI=1S/C14H24N/c1-4-6-7-9-14(8-5-2)10-12-15(3)13-11-14/h4-6,8H,3,7,9-13H2,1-2H3/q-1/b6-4+,8-5+. The minimum Gasteiger partial charge on any atom is -0.459 e. The fourth-order valence-electron chi connectivity index (χ4n) is 2.39. The quantitative estimate of drug-likeness (QED) is 0.499. The Hall–Kier alpha value is -0.560. The summed E-state index contributed by atoms with van der Waals surface area (Å²) in [5.41, 5.74) is 0.447. The van der Waals surface area contributed by atoms with E-state index in [0.717, 1.165) is 13.1 Å². The number of nitrogens with zero attached hydrogens (tertiary/aromatic N) is 1. The Morgan fingerprint density at radius 1 is 1.20 bits per heavy atom. The van der Waals surface area contributed by atoms with Gasteiger partial charge in [-0.3, -0.25) is 7.05 Å². The second-order valence-electron chi connectivity index (χ2n) is 4.59. The van der Waals surface area contributed by atoms with Crippen LogP contribution in [0.5, 0.6) is 0 Å². The van der Waals surface area contributed by atoms with Crippen molar-refractivity contribution in [1.29, 1.82) is 0 Å². The van der Waals surface area contributed by atoms with Gasteiger partial charge in [0.2, 0.25) is 0 Å². The first-order valence-corrected chi connectivity index (χ1v) is 6.03. The smallest absolute Gasteiger partial charge is 0.00929 e. The molecule has 1 heterocycles. The summed E-state index contributed by atoms with van der Waals surface area (Å²) in [4.78, 5) is 2.19. The Morgan fingerprint density at radius 3 is 2.40 bits per heavy atom. The Labute approximate surface area is 94.9 Å². The highest BCUT2D eigenvalue weighted by molar-refractivity contribution is 5.02. The van der Waals surface area contributed by atoms with Crippen molar-refractivity contribution >= 4 is 0 Å². The summed E-state index contributed by atoms with van der Waals surface area (Å²) in [6, 6.07) is 0. The highest BCUT2D eigenvalue weighted by Crippen LogP contribution is 2.37. The van der Waals surface area contributed by atoms with Gasteiger partial charge in [-0.05, 0) is 58.0 Å². The van der Waals surface area contributed by atoms with E-state index in [-0.39, 0.29) is 0 Å². The SMILES string of the molecule is [CH2-]N1CCC(/C=C/C)(CC/C=C/C)CC1. The first-order chi connectivity index (χ1) is 7.22. The minimum atomic E-state index is 0.447. The third-order valence-electron chi connectivity index (χ3n) is 3.42. The van der Waals surface area contributed by atoms with Crippen LogP contribution in [0.25, 0.3) is 0 Å². The van der Waals surface area contributed by atoms with Crippen molar-refractivity contribution in [2.75, 3.05) is 13.1 Å². The summed E-state index contributed by atoms with van der Waals surface area (Å²) < 4.78 is 0. The Bertz CT molecular complexity index is 219. The molecule has 1 aliphatic heterocycles. The molecule has 1 saturated heterocycles. The second-order valence-corrected chi connectivity index (χ2v) is 4.59. The molecule has 1 nitrogen and oxygen atoms in total. The molecule has 0 aromatic heterocycles. The molecule has 0 aromatic carbocycles. The van der Waals surface area contributed by atoms with Gasteiger partial charge in [0.1, 0.15) is 0 Å². The lowest BCUT2D eigenvalue weighted by atomic mass is 9.74. The van der Waals surface area contributed by atoms with Crippen molar-refractivity contribution in [3.8, 4) is 0 Å². The summed E-state index contributed by atoms with van der Waals surface area (Å²) in [6.45, 7) is 6.51. The number of piperidine rings is 1. The van der Waals surface area contributed by atoms with Gasteiger partial charge in [-0.1, -0.05) is 24.3 Å². The van der Waals surface area contributed by atoms with Gasteiger partial charge in [0.25, 0.3) is 0 Å². The second kappa shape index (κ2) is 6.12. The largest absolute Gasteiger partial charge is 0.459 e. The average molecular weight is 206 g/mol. The topological polar surface area (TPSA) is 3.24 Å². The molecule has 0 amide bonds. The molecule has 0 N–H and O–H groups in total. The van der Waals surface area contributed by atoms with Gasteiger partial charge >= 0.3 is 0 Å². The van der Waals surface area contributed by atoms with E-state index in [1.165, 1.54) is 25.7 Å². The van der Waals surface area contributed by atoms with Gasteiger partial charge in [-0.25, -0.2) is 0 Å². The fourth-order valence-corrected chi connectivity index (χ4v) is 2.39. The maximum Gasteiger partial charge on any atom is -0.00929 e. The third kappa shape index (κ3) is 3.83. The molecule has 0 bridgehead atoms. The summed E-state index contributed by atoms with van der Waals surface area (Å²) in [7, 11) is 4.01. The van der Waals surface area contributed by atoms with E-state index in [0.29, 0.717) is 5.41 Å². The van der Waals surface area contributed by atoms with Gasteiger partial charge in [0.15, 0.2) is 0 Å². The van der Waals surface area contributed by atoms with Crippen LogP contribution in [0.15, 0.2) is 24.3 Å². The lowest BCUT2D eigenvalue weighted by Crippen LogP contribution is -2.35. The van der Waals surface area contributed by atoms with Crippen LogP contribution in [0.3, 0.4) is 0 Å². The number of likely N-dealkylation sites (tertiary alicyclic amines) is 1. The van der Waals surface area contributed by atoms with E-state index in [1.807, 2.05) is 0 Å². The van der Waals surface area contributed by atoms with Crippen LogP contribution in [-0.4, -0.2) is 18.0 Å². The summed E-state index contributed by atoms with van der Waals surface area (Å²) >= 11 is 0. The van der Waals surface area contributed by atoms with Gasteiger partial charge in [-0.2, -0.15) is 0 Å². The van der Waals surface area contributed by atoms with Gasteiger partial charge in [0, 0.05) is 0 Å². The molecule has 0 atom stereocenters. The van der Waals surface area contributed by atoms with E-state index >= 15 is 0 Å². The third-order valence-corrected chi connectivity index (χ3v) is 3.42. The predicted octanol–water partition coefficient (Wildman–Crippen LogP) is 3.79. The Balaban J connectivity index is 2.54. The maximum absolute atomic E-state index is 4.01. The van der Waals surface area contributed by atoms with E-state index in [2.05, 4.69) is 50.1 Å². The Morgan fingerprint density at radius 2 is 1.87 bits per heavy atom. The van der Waals surface area contributed by atoms with Crippen molar-refractivity contribution in [2.45, 2.75) is 39.5 Å². The fraction of sp³-hybridized carbons (Fsp3) is 0.643. The molecule has 0 aromatic rings. The molecule has 15 heavy (non-hydrogen) atoms. The van der Waals surface area contributed by atoms with Crippen LogP contribution in [0.2, 0.25) is 0 Å². The van der Waals surface area contributed by atoms with Crippen LogP contribution in [0, 0.1) is 12.5 Å². The lowest BCUT2D eigenvalue weighted by molar-refractivity contribution is 0.170. The molecular formula is C14H24N-. The van der Waals surface area contributed by atoms with Crippen molar-refractivity contribution < 1.29 is 0 Å². The molecule has 0 aliphatic carbocycles. The van der Waals surface area contributed by atoms with E-state index in [1.54, 1.807) is 0 Å². The molecular weight excluding hydrogens is 182 g/mol. The van der Waals surface area contributed by atoms with Crippen LogP contribution in [-0.2, 0) is 0 Å². The van der Waals surface area contributed by atoms with Crippen molar-refractivity contribution in [1.82, 2.24) is 4.90 Å². The van der Waals surface area contributed by atoms with Crippen LogP contribution in [0.1, 0.15) is 39.5 Å². The molecule has 0 saturated carbocycles. The summed E-state index contributed by atoms with van der Waals surface area (Å²) in [6.07, 6.45) is 14.1. The molecule has 1 heteroatoms. The maximum atomic E-state index is 4.01. The molecule has 1 aliphatic rings. The molecule has 86 valence electrons. The molecule has 1 rings (SSSR count). The number of allylic oxidation sites excluding steroid dienone is 4. The van der Waals surface area contributed by atoms with Crippen LogP contribution < -0.4 is 0 Å². The zero-order chi connectivity index (χ0) is 11.1. The lowest BCUT2D eigenvalue weighted by Gasteiger charge is -2.42. The van der Waals surface area contributed by atoms with E-state index < -0.39 is 0 Å². The van der Waals surface area contributed by atoms with Crippen molar-refractivity contribution in [3.63, 3.8) is 0 Å². The first kappa shape index (κ1) is 12.5. The van der Waals surface area contributed by atoms with Crippen molar-refractivity contribution in [3.05, 3.63) is 31.4 Å². The number of hydrogen-bond donors (Lipinski definition) is 0. The molecule has 0 unspecified atom stereocenters. The molecule has 1 fully saturated rings. The zero-order valence-corrected chi connectivity index (χ0v) is 10.2. The highest BCUT2D eigenvalue weighted by Gasteiger charge is 2.28. The zero-order valence-electron chi connectivity index (χ0n) is 10.2. The van der Waals surface area contributed by atoms with E-state index in [4.69, 9.17) is 0 Å². The number of rotatable bonds is 4. The first-order valence-electron chi connectivity index (χ1n) is 6.03. The summed E-state index contributed by atoms with van der Waals surface area (Å²) in [5.74, 6) is 0. The van der Waals surface area contributed by atoms with Gasteiger partial charge in [0.05, 0.1) is 0 Å². The Kier molecular flexibility index (Phi) is 5.10. The highest BCUT2D eigenvalue weighted by atomic mass is 15.1. The summed E-state index contributed by atoms with van der Waals surface area (Å²) in [5, 5.41) is 0. The van der Waals surface area contributed by atoms with Crippen LogP contribution >= 0.6 is 0 Å². The normalized spacial score (nSPS) is 22.9. The monoisotopic (exact) mass is 206 g/mol. The van der Waals surface area contributed by atoms with Crippen molar-refractivity contribution in [2.24, 2.45) is 5.41 Å². The van der Waals surface area contributed by atoms with Gasteiger partial charge < -0.3 is 4.90 Å².